The molecular weight excluding hydrogens is 212 g/mol. The second-order valence-electron chi connectivity index (χ2n) is 2.99. The van der Waals surface area contributed by atoms with E-state index < -0.39 is 5.97 Å². The van der Waals surface area contributed by atoms with Crippen LogP contribution >= 0.6 is 11.6 Å². The van der Waals surface area contributed by atoms with Gasteiger partial charge >= 0.3 is 5.97 Å². The molecule has 1 aromatic rings. The summed E-state index contributed by atoms with van der Waals surface area (Å²) in [5, 5.41) is 0. The Balaban J connectivity index is 2.95. The smallest absolute Gasteiger partial charge is 0.338 e. The van der Waals surface area contributed by atoms with E-state index in [1.807, 2.05) is 24.3 Å². The van der Waals surface area contributed by atoms with Crippen molar-refractivity contribution in [3.63, 3.8) is 0 Å². The molecule has 80 valence electrons. The molecule has 0 atom stereocenters. The van der Waals surface area contributed by atoms with E-state index in [-0.39, 0.29) is 0 Å². The minimum absolute atomic E-state index is 0.348. The van der Waals surface area contributed by atoms with Crippen LogP contribution in [0.5, 0.6) is 0 Å². The molecule has 0 amide bonds. The number of esters is 1. The second kappa shape index (κ2) is 5.56. The quantitative estimate of drug-likeness (QED) is 0.447. The zero-order valence-corrected chi connectivity index (χ0v) is 9.38. The molecule has 0 radical (unpaired) electrons. The standard InChI is InChI=1S/C12H13ClO2/c1-3-15-12(14)9(2)11-7-5-4-6-10(11)8-13/h4-7H,2-3,8H2,1H3. The van der Waals surface area contributed by atoms with Crippen molar-refractivity contribution in [1.29, 1.82) is 0 Å². The van der Waals surface area contributed by atoms with Crippen LogP contribution in [0.2, 0.25) is 0 Å². The van der Waals surface area contributed by atoms with Crippen molar-refractivity contribution in [1.82, 2.24) is 0 Å². The third-order valence-electron chi connectivity index (χ3n) is 2.01. The van der Waals surface area contributed by atoms with Gasteiger partial charge in [-0.15, -0.1) is 11.6 Å². The molecule has 0 saturated carbocycles. The second-order valence-corrected chi connectivity index (χ2v) is 3.26. The van der Waals surface area contributed by atoms with Crippen molar-refractivity contribution >= 4 is 23.1 Å². The number of alkyl halides is 1. The summed E-state index contributed by atoms with van der Waals surface area (Å²) in [5.41, 5.74) is 2.00. The predicted molar refractivity (Wildman–Crippen MR) is 61.7 cm³/mol. The molecule has 0 aliphatic carbocycles. The zero-order valence-electron chi connectivity index (χ0n) is 8.63. The lowest BCUT2D eigenvalue weighted by Gasteiger charge is -2.08. The summed E-state index contributed by atoms with van der Waals surface area (Å²) in [6.45, 7) is 5.83. The first-order chi connectivity index (χ1) is 7.20. The van der Waals surface area contributed by atoms with Crippen molar-refractivity contribution in [2.24, 2.45) is 0 Å². The Morgan fingerprint density at radius 2 is 2.13 bits per heavy atom. The Hall–Kier alpha value is -1.28. The maximum atomic E-state index is 11.4. The number of hydrogen-bond acceptors (Lipinski definition) is 2. The van der Waals surface area contributed by atoms with E-state index in [1.54, 1.807) is 6.92 Å². The van der Waals surface area contributed by atoms with Gasteiger partial charge in [0.2, 0.25) is 0 Å². The van der Waals surface area contributed by atoms with Crippen LogP contribution in [0, 0.1) is 0 Å². The van der Waals surface area contributed by atoms with Gasteiger partial charge in [0.1, 0.15) is 0 Å². The van der Waals surface area contributed by atoms with Crippen molar-refractivity contribution in [2.45, 2.75) is 12.8 Å². The monoisotopic (exact) mass is 224 g/mol. The Bertz CT molecular complexity index is 372. The van der Waals surface area contributed by atoms with Crippen LogP contribution in [0.1, 0.15) is 18.1 Å². The molecule has 0 saturated heterocycles. The molecular formula is C12H13ClO2. The van der Waals surface area contributed by atoms with Gasteiger partial charge in [0.25, 0.3) is 0 Å². The van der Waals surface area contributed by atoms with E-state index in [1.165, 1.54) is 0 Å². The lowest BCUT2D eigenvalue weighted by molar-refractivity contribution is -0.136. The van der Waals surface area contributed by atoms with Crippen LogP contribution in [0.25, 0.3) is 5.57 Å². The largest absolute Gasteiger partial charge is 0.462 e. The van der Waals surface area contributed by atoms with Gasteiger partial charge in [-0.05, 0) is 18.1 Å². The first-order valence-electron chi connectivity index (χ1n) is 4.71. The molecule has 0 aliphatic heterocycles. The van der Waals surface area contributed by atoms with Crippen molar-refractivity contribution < 1.29 is 9.53 Å². The van der Waals surface area contributed by atoms with Crippen LogP contribution in [0.4, 0.5) is 0 Å². The molecule has 0 aromatic heterocycles. The summed E-state index contributed by atoms with van der Waals surface area (Å²) < 4.78 is 4.88. The van der Waals surface area contributed by atoms with E-state index in [2.05, 4.69) is 6.58 Å². The summed E-state index contributed by atoms with van der Waals surface area (Å²) in [7, 11) is 0. The van der Waals surface area contributed by atoms with Crippen molar-refractivity contribution in [2.75, 3.05) is 6.61 Å². The molecule has 1 rings (SSSR count). The van der Waals surface area contributed by atoms with Gasteiger partial charge in [0, 0.05) is 5.88 Å². The van der Waals surface area contributed by atoms with Gasteiger partial charge in [0.15, 0.2) is 0 Å². The van der Waals surface area contributed by atoms with Crippen LogP contribution in [0.15, 0.2) is 30.8 Å². The van der Waals surface area contributed by atoms with E-state index in [9.17, 15) is 4.79 Å². The maximum Gasteiger partial charge on any atom is 0.338 e. The first kappa shape index (κ1) is 11.8. The summed E-state index contributed by atoms with van der Waals surface area (Å²) in [5.74, 6) is -0.0377. The van der Waals surface area contributed by atoms with Gasteiger partial charge < -0.3 is 4.74 Å². The fourth-order valence-corrected chi connectivity index (χ4v) is 1.49. The third kappa shape index (κ3) is 2.83. The van der Waals surface area contributed by atoms with E-state index in [4.69, 9.17) is 16.3 Å². The average Bonchev–Trinajstić information content (AvgIpc) is 2.28. The molecule has 2 nitrogen and oxygen atoms in total. The Morgan fingerprint density at radius 1 is 1.47 bits per heavy atom. The topological polar surface area (TPSA) is 26.3 Å². The third-order valence-corrected chi connectivity index (χ3v) is 2.30. The Labute approximate surface area is 94.5 Å². The normalized spacial score (nSPS) is 9.73. The van der Waals surface area contributed by atoms with Gasteiger partial charge in [0.05, 0.1) is 12.2 Å². The number of carbonyl (C=O) groups excluding carboxylic acids is 1. The lowest BCUT2D eigenvalue weighted by Crippen LogP contribution is -2.07. The summed E-state index contributed by atoms with van der Waals surface area (Å²) >= 11 is 5.76. The van der Waals surface area contributed by atoms with Crippen LogP contribution in [-0.4, -0.2) is 12.6 Å². The fraction of sp³-hybridized carbons (Fsp3) is 0.250. The summed E-state index contributed by atoms with van der Waals surface area (Å²) in [6.07, 6.45) is 0. The lowest BCUT2D eigenvalue weighted by atomic mass is 10.0. The fourth-order valence-electron chi connectivity index (χ4n) is 1.26. The molecule has 3 heteroatoms. The molecule has 1 aromatic carbocycles. The summed E-state index contributed by atoms with van der Waals surface area (Å²) in [4.78, 5) is 11.4. The maximum absolute atomic E-state index is 11.4. The molecule has 0 spiro atoms. The number of ether oxygens (including phenoxy) is 1. The van der Waals surface area contributed by atoms with Crippen LogP contribution in [-0.2, 0) is 15.4 Å². The number of carbonyl (C=O) groups is 1. The Kier molecular flexibility index (Phi) is 4.37. The van der Waals surface area contributed by atoms with Gasteiger partial charge in [-0.25, -0.2) is 4.79 Å². The molecule has 0 unspecified atom stereocenters. The van der Waals surface area contributed by atoms with E-state index in [0.717, 1.165) is 11.1 Å². The minimum atomic E-state index is -0.393. The minimum Gasteiger partial charge on any atom is -0.462 e. The predicted octanol–water partition coefficient (Wildman–Crippen LogP) is 3.00. The number of rotatable bonds is 4. The first-order valence-corrected chi connectivity index (χ1v) is 5.24. The van der Waals surface area contributed by atoms with Gasteiger partial charge in [-0.3, -0.25) is 0 Å². The van der Waals surface area contributed by atoms with Gasteiger partial charge in [-0.1, -0.05) is 30.8 Å². The highest BCUT2D eigenvalue weighted by Crippen LogP contribution is 2.20. The highest BCUT2D eigenvalue weighted by Gasteiger charge is 2.12. The molecule has 0 N–H and O–H groups in total. The van der Waals surface area contributed by atoms with Gasteiger partial charge in [-0.2, -0.15) is 0 Å². The van der Waals surface area contributed by atoms with E-state index in [0.29, 0.717) is 18.1 Å². The molecule has 0 fully saturated rings. The molecule has 0 bridgehead atoms. The number of halogens is 1. The zero-order chi connectivity index (χ0) is 11.3. The number of hydrogen-bond donors (Lipinski definition) is 0. The van der Waals surface area contributed by atoms with Crippen molar-refractivity contribution in [3.05, 3.63) is 42.0 Å². The molecule has 15 heavy (non-hydrogen) atoms. The number of benzene rings is 1. The van der Waals surface area contributed by atoms with E-state index >= 15 is 0 Å². The average molecular weight is 225 g/mol. The summed E-state index contributed by atoms with van der Waals surface area (Å²) in [6, 6.07) is 7.40. The highest BCUT2D eigenvalue weighted by atomic mass is 35.5. The SMILES string of the molecule is C=C(C(=O)OCC)c1ccccc1CCl. The van der Waals surface area contributed by atoms with Crippen LogP contribution < -0.4 is 0 Å². The highest BCUT2D eigenvalue weighted by molar-refractivity contribution is 6.19. The molecule has 0 heterocycles. The van der Waals surface area contributed by atoms with Crippen molar-refractivity contribution in [3.8, 4) is 0 Å². The molecule has 0 aliphatic rings. The Morgan fingerprint density at radius 3 is 2.73 bits per heavy atom. The van der Waals surface area contributed by atoms with Crippen LogP contribution in [0.3, 0.4) is 0 Å².